The number of rotatable bonds is 6. The Morgan fingerprint density at radius 3 is 2.82 bits per heavy atom. The molecule has 0 atom stereocenters. The quantitative estimate of drug-likeness (QED) is 0.554. The maximum absolute atomic E-state index is 12.5. The summed E-state index contributed by atoms with van der Waals surface area (Å²) in [6.45, 7) is 0.482. The molecule has 0 saturated heterocycles. The first-order valence-electron chi connectivity index (χ1n) is 8.76. The van der Waals surface area contributed by atoms with E-state index in [4.69, 9.17) is 4.42 Å². The van der Waals surface area contributed by atoms with E-state index in [0.717, 1.165) is 5.56 Å². The first-order chi connectivity index (χ1) is 13.7. The van der Waals surface area contributed by atoms with Crippen LogP contribution in [0.25, 0.3) is 22.2 Å². The summed E-state index contributed by atoms with van der Waals surface area (Å²) < 4.78 is 6.53. The number of hydrogen-bond acceptors (Lipinski definition) is 6. The Hall–Kier alpha value is -3.81. The molecule has 0 radical (unpaired) electrons. The molecule has 0 aliphatic carbocycles. The molecular formula is C20H17N5O3. The average molecular weight is 375 g/mol. The van der Waals surface area contributed by atoms with E-state index in [2.05, 4.69) is 20.3 Å². The molecule has 0 fully saturated rings. The van der Waals surface area contributed by atoms with Crippen molar-refractivity contribution in [1.82, 2.24) is 24.8 Å². The summed E-state index contributed by atoms with van der Waals surface area (Å²) in [4.78, 5) is 37.6. The zero-order valence-electron chi connectivity index (χ0n) is 14.9. The topological polar surface area (TPSA) is 103 Å². The molecular weight excluding hydrogens is 358 g/mol. The molecule has 1 amide bonds. The van der Waals surface area contributed by atoms with Crippen LogP contribution in [0.3, 0.4) is 0 Å². The van der Waals surface area contributed by atoms with Gasteiger partial charge in [0.2, 0.25) is 5.91 Å². The molecule has 0 spiro atoms. The first kappa shape index (κ1) is 17.6. The summed E-state index contributed by atoms with van der Waals surface area (Å²) in [7, 11) is 0. The van der Waals surface area contributed by atoms with Crippen LogP contribution in [0.1, 0.15) is 12.1 Å². The molecule has 8 heteroatoms. The van der Waals surface area contributed by atoms with Crippen molar-refractivity contribution in [3.63, 3.8) is 0 Å². The fourth-order valence-electron chi connectivity index (χ4n) is 2.89. The van der Waals surface area contributed by atoms with Crippen molar-refractivity contribution >= 4 is 16.8 Å². The van der Waals surface area contributed by atoms with Crippen LogP contribution >= 0.6 is 0 Å². The first-order valence-corrected chi connectivity index (χ1v) is 8.76. The van der Waals surface area contributed by atoms with Crippen LogP contribution in [0.4, 0.5) is 0 Å². The highest BCUT2D eigenvalue weighted by atomic mass is 16.3. The molecule has 0 aliphatic heterocycles. The predicted octanol–water partition coefficient (Wildman–Crippen LogP) is 2.15. The van der Waals surface area contributed by atoms with Crippen LogP contribution in [0.15, 0.2) is 70.8 Å². The summed E-state index contributed by atoms with van der Waals surface area (Å²) >= 11 is 0. The highest BCUT2D eigenvalue weighted by Gasteiger charge is 2.11. The molecule has 28 heavy (non-hydrogen) atoms. The smallest absolute Gasteiger partial charge is 0.261 e. The van der Waals surface area contributed by atoms with E-state index in [1.165, 1.54) is 10.9 Å². The minimum absolute atomic E-state index is 0.154. The highest BCUT2D eigenvalue weighted by molar-refractivity contribution is 5.77. The number of nitrogens with zero attached hydrogens (tertiary/aromatic N) is 4. The number of hydrogen-bond donors (Lipinski definition) is 1. The van der Waals surface area contributed by atoms with Gasteiger partial charge in [-0.1, -0.05) is 12.1 Å². The van der Waals surface area contributed by atoms with Gasteiger partial charge in [-0.25, -0.2) is 4.98 Å². The molecule has 0 aliphatic rings. The monoisotopic (exact) mass is 375 g/mol. The molecule has 8 nitrogen and oxygen atoms in total. The normalized spacial score (nSPS) is 10.9. The standard InChI is InChI=1S/C20H17N5O3/c26-18(5-9-25-13-24-16-4-2-1-3-15(16)20(25)27)23-11-17-19(22-8-7-21-17)14-6-10-28-12-14/h1-4,6-8,10,12-13H,5,9,11H2,(H,23,26). The third kappa shape index (κ3) is 3.66. The van der Waals surface area contributed by atoms with Crippen LogP contribution in [0.2, 0.25) is 0 Å². The molecule has 140 valence electrons. The summed E-state index contributed by atoms with van der Waals surface area (Å²) in [5.41, 5.74) is 2.58. The van der Waals surface area contributed by atoms with Gasteiger partial charge in [0.25, 0.3) is 5.56 Å². The Labute approximate surface area is 159 Å². The minimum Gasteiger partial charge on any atom is -0.472 e. The van der Waals surface area contributed by atoms with E-state index in [0.29, 0.717) is 22.3 Å². The van der Waals surface area contributed by atoms with Crippen LogP contribution in [-0.2, 0) is 17.9 Å². The third-order valence-electron chi connectivity index (χ3n) is 4.33. The second kappa shape index (κ2) is 7.83. The fraction of sp³-hybridized carbons (Fsp3) is 0.150. The number of carbonyl (C=O) groups is 1. The van der Waals surface area contributed by atoms with Gasteiger partial charge in [-0.2, -0.15) is 0 Å². The van der Waals surface area contributed by atoms with E-state index in [9.17, 15) is 9.59 Å². The van der Waals surface area contributed by atoms with E-state index >= 15 is 0 Å². The second-order valence-corrected chi connectivity index (χ2v) is 6.15. The summed E-state index contributed by atoms with van der Waals surface area (Å²) in [5, 5.41) is 3.36. The maximum Gasteiger partial charge on any atom is 0.261 e. The number of aromatic nitrogens is 4. The lowest BCUT2D eigenvalue weighted by atomic mass is 10.2. The van der Waals surface area contributed by atoms with Gasteiger partial charge in [0.05, 0.1) is 47.7 Å². The van der Waals surface area contributed by atoms with E-state index in [1.54, 1.807) is 49.2 Å². The molecule has 4 aromatic rings. The minimum atomic E-state index is -0.191. The number of amides is 1. The number of carbonyl (C=O) groups excluding carboxylic acids is 1. The Bertz CT molecular complexity index is 1170. The molecule has 4 rings (SSSR count). The van der Waals surface area contributed by atoms with Gasteiger partial charge in [0.15, 0.2) is 0 Å². The molecule has 1 aromatic carbocycles. The van der Waals surface area contributed by atoms with Gasteiger partial charge in [-0.3, -0.25) is 24.1 Å². The van der Waals surface area contributed by atoms with Crippen LogP contribution in [-0.4, -0.2) is 25.4 Å². The van der Waals surface area contributed by atoms with Crippen molar-refractivity contribution in [3.05, 3.63) is 77.6 Å². The Kier molecular flexibility index (Phi) is 4.92. The molecule has 0 bridgehead atoms. The van der Waals surface area contributed by atoms with Crippen LogP contribution < -0.4 is 10.9 Å². The van der Waals surface area contributed by atoms with Gasteiger partial charge in [0.1, 0.15) is 0 Å². The van der Waals surface area contributed by atoms with E-state index in [-0.39, 0.29) is 31.0 Å². The average Bonchev–Trinajstić information content (AvgIpc) is 3.27. The number of furan rings is 1. The summed E-state index contributed by atoms with van der Waals surface area (Å²) in [6, 6.07) is 8.92. The van der Waals surface area contributed by atoms with Crippen molar-refractivity contribution in [2.24, 2.45) is 0 Å². The SMILES string of the molecule is O=C(CCn1cnc2ccccc2c1=O)NCc1nccnc1-c1ccoc1. The largest absolute Gasteiger partial charge is 0.472 e. The Morgan fingerprint density at radius 1 is 1.11 bits per heavy atom. The van der Waals surface area contributed by atoms with E-state index in [1.807, 2.05) is 6.07 Å². The number of fused-ring (bicyclic) bond motifs is 1. The number of aryl methyl sites for hydroxylation is 1. The maximum atomic E-state index is 12.5. The zero-order valence-corrected chi connectivity index (χ0v) is 14.9. The van der Waals surface area contributed by atoms with E-state index < -0.39 is 0 Å². The van der Waals surface area contributed by atoms with Gasteiger partial charge < -0.3 is 9.73 Å². The van der Waals surface area contributed by atoms with Gasteiger partial charge in [-0.15, -0.1) is 0 Å². The summed E-state index contributed by atoms with van der Waals surface area (Å²) in [5.74, 6) is -0.191. The Balaban J connectivity index is 1.40. The van der Waals surface area contributed by atoms with Crippen molar-refractivity contribution in [2.75, 3.05) is 0 Å². The molecule has 0 saturated carbocycles. The second-order valence-electron chi connectivity index (χ2n) is 6.15. The van der Waals surface area contributed by atoms with Crippen molar-refractivity contribution in [2.45, 2.75) is 19.5 Å². The zero-order chi connectivity index (χ0) is 19.3. The summed E-state index contributed by atoms with van der Waals surface area (Å²) in [6.07, 6.45) is 7.92. The highest BCUT2D eigenvalue weighted by Crippen LogP contribution is 2.19. The predicted molar refractivity (Wildman–Crippen MR) is 102 cm³/mol. The van der Waals surface area contributed by atoms with Crippen LogP contribution in [0, 0.1) is 0 Å². The number of nitrogens with one attached hydrogen (secondary N) is 1. The lowest BCUT2D eigenvalue weighted by Gasteiger charge is -2.09. The van der Waals surface area contributed by atoms with Crippen molar-refractivity contribution in [1.29, 1.82) is 0 Å². The van der Waals surface area contributed by atoms with Crippen LogP contribution in [0.5, 0.6) is 0 Å². The van der Waals surface area contributed by atoms with Gasteiger partial charge in [0, 0.05) is 30.9 Å². The van der Waals surface area contributed by atoms with Gasteiger partial charge in [-0.05, 0) is 18.2 Å². The third-order valence-corrected chi connectivity index (χ3v) is 4.33. The lowest BCUT2D eigenvalue weighted by Crippen LogP contribution is -2.27. The fourth-order valence-corrected chi connectivity index (χ4v) is 2.89. The van der Waals surface area contributed by atoms with Crippen molar-refractivity contribution < 1.29 is 9.21 Å². The lowest BCUT2D eigenvalue weighted by molar-refractivity contribution is -0.121. The molecule has 0 unspecified atom stereocenters. The van der Waals surface area contributed by atoms with Crippen molar-refractivity contribution in [3.8, 4) is 11.3 Å². The Morgan fingerprint density at radius 2 is 1.96 bits per heavy atom. The number of benzene rings is 1. The van der Waals surface area contributed by atoms with Gasteiger partial charge >= 0.3 is 0 Å². The molecule has 3 heterocycles. The number of para-hydroxylation sites is 1. The molecule has 1 N–H and O–H groups in total. The molecule has 3 aromatic heterocycles.